The Morgan fingerprint density at radius 1 is 1.33 bits per heavy atom. The number of hydrogen-bond acceptors (Lipinski definition) is 3. The lowest BCUT2D eigenvalue weighted by Crippen LogP contribution is -2.54. The number of aliphatic carboxylic acids is 1. The number of carbonyl (C=O) groups excluding carboxylic acids is 1. The van der Waals surface area contributed by atoms with Crippen molar-refractivity contribution in [2.75, 3.05) is 0 Å². The van der Waals surface area contributed by atoms with E-state index in [0.29, 0.717) is 0 Å². The van der Waals surface area contributed by atoms with Gasteiger partial charge in [-0.2, -0.15) is 25.8 Å². The van der Waals surface area contributed by atoms with E-state index in [2.05, 4.69) is 12.6 Å². The van der Waals surface area contributed by atoms with E-state index in [-0.39, 0.29) is 0 Å². The standard InChI is InChI=1S/C7H10F3NO3S/c1-6(2,15)3(4(12)13)11-5(14)7(8,9)10/h3,15H,1-2H3,(H,11,14)(H,12,13)/t3-/m1/s1. The number of carbonyl (C=O) groups is 2. The van der Waals surface area contributed by atoms with E-state index in [1.54, 1.807) is 0 Å². The molecule has 0 radical (unpaired) electrons. The average Bonchev–Trinajstić information content (AvgIpc) is 1.94. The molecular formula is C7H10F3NO3S. The van der Waals surface area contributed by atoms with Crippen molar-refractivity contribution >= 4 is 24.5 Å². The Morgan fingerprint density at radius 3 is 1.93 bits per heavy atom. The molecule has 0 aliphatic carbocycles. The zero-order valence-corrected chi connectivity index (χ0v) is 8.82. The van der Waals surface area contributed by atoms with Crippen molar-refractivity contribution in [1.29, 1.82) is 0 Å². The zero-order chi connectivity index (χ0) is 12.4. The molecule has 2 N–H and O–H groups in total. The Bertz CT molecular complexity index is 272. The second-order valence-electron chi connectivity index (χ2n) is 3.40. The third-order valence-corrected chi connectivity index (χ3v) is 1.74. The van der Waals surface area contributed by atoms with Gasteiger partial charge < -0.3 is 10.4 Å². The highest BCUT2D eigenvalue weighted by Crippen LogP contribution is 2.20. The molecule has 0 fully saturated rings. The lowest BCUT2D eigenvalue weighted by molar-refractivity contribution is -0.175. The summed E-state index contributed by atoms with van der Waals surface area (Å²) in [6, 6.07) is -1.71. The molecule has 0 rings (SSSR count). The predicted molar refractivity (Wildman–Crippen MR) is 48.7 cm³/mol. The van der Waals surface area contributed by atoms with Crippen LogP contribution in [-0.4, -0.2) is 33.9 Å². The predicted octanol–water partition coefficient (Wildman–Crippen LogP) is 0.827. The Morgan fingerprint density at radius 2 is 1.73 bits per heavy atom. The third kappa shape index (κ3) is 4.41. The van der Waals surface area contributed by atoms with Crippen LogP contribution in [0.2, 0.25) is 0 Å². The van der Waals surface area contributed by atoms with Crippen molar-refractivity contribution in [2.45, 2.75) is 30.8 Å². The molecule has 88 valence electrons. The summed E-state index contributed by atoms with van der Waals surface area (Å²) in [5.74, 6) is -3.87. The van der Waals surface area contributed by atoms with E-state index >= 15 is 0 Å². The first kappa shape index (κ1) is 14.1. The molecule has 0 saturated heterocycles. The van der Waals surface area contributed by atoms with Crippen LogP contribution in [0.5, 0.6) is 0 Å². The second kappa shape index (κ2) is 4.30. The van der Waals surface area contributed by atoms with Gasteiger partial charge in [-0.25, -0.2) is 4.79 Å². The van der Waals surface area contributed by atoms with Crippen molar-refractivity contribution in [3.05, 3.63) is 0 Å². The average molecular weight is 245 g/mol. The molecule has 0 saturated carbocycles. The summed E-state index contributed by atoms with van der Waals surface area (Å²) in [6.45, 7) is 2.57. The minimum absolute atomic E-state index is 1.28. The van der Waals surface area contributed by atoms with Gasteiger partial charge in [0.2, 0.25) is 0 Å². The molecule has 0 aromatic rings. The van der Waals surface area contributed by atoms with Crippen LogP contribution in [-0.2, 0) is 9.59 Å². The minimum atomic E-state index is -5.10. The Hall–Kier alpha value is -0.920. The third-order valence-electron chi connectivity index (χ3n) is 1.49. The highest BCUT2D eigenvalue weighted by atomic mass is 32.1. The van der Waals surface area contributed by atoms with Crippen LogP contribution in [0, 0.1) is 0 Å². The van der Waals surface area contributed by atoms with Crippen LogP contribution in [0.4, 0.5) is 13.2 Å². The maximum absolute atomic E-state index is 11.8. The summed E-state index contributed by atoms with van der Waals surface area (Å²) in [5.41, 5.74) is 0. The van der Waals surface area contributed by atoms with Gasteiger partial charge in [-0.15, -0.1) is 0 Å². The molecule has 1 atom stereocenters. The number of carboxylic acids is 1. The number of halogens is 3. The van der Waals surface area contributed by atoms with Crippen molar-refractivity contribution < 1.29 is 27.9 Å². The number of hydrogen-bond donors (Lipinski definition) is 3. The molecule has 8 heteroatoms. The van der Waals surface area contributed by atoms with Gasteiger partial charge in [0.25, 0.3) is 0 Å². The highest BCUT2D eigenvalue weighted by Gasteiger charge is 2.43. The number of amides is 1. The molecule has 0 aromatic heterocycles. The largest absolute Gasteiger partial charge is 0.480 e. The van der Waals surface area contributed by atoms with Gasteiger partial charge in [-0.05, 0) is 13.8 Å². The van der Waals surface area contributed by atoms with Crippen LogP contribution in [0.3, 0.4) is 0 Å². The number of alkyl halides is 3. The fourth-order valence-electron chi connectivity index (χ4n) is 0.753. The van der Waals surface area contributed by atoms with Gasteiger partial charge in [-0.1, -0.05) is 0 Å². The topological polar surface area (TPSA) is 66.4 Å². The molecule has 1 amide bonds. The summed E-state index contributed by atoms with van der Waals surface area (Å²) in [6.07, 6.45) is -5.10. The summed E-state index contributed by atoms with van der Waals surface area (Å²) >= 11 is 3.80. The maximum atomic E-state index is 11.8. The molecule has 0 unspecified atom stereocenters. The summed E-state index contributed by atoms with van der Waals surface area (Å²) < 4.78 is 34.2. The number of carboxylic acid groups (broad SMARTS) is 1. The summed E-state index contributed by atoms with van der Waals surface area (Å²) in [5, 5.41) is 9.95. The number of rotatable bonds is 3. The zero-order valence-electron chi connectivity index (χ0n) is 7.92. The summed E-state index contributed by atoms with van der Waals surface area (Å²) in [4.78, 5) is 21.1. The SMILES string of the molecule is CC(C)(S)[C@H](NC(=O)C(F)(F)F)C(=O)O. The van der Waals surface area contributed by atoms with Crippen LogP contribution in [0.1, 0.15) is 13.8 Å². The van der Waals surface area contributed by atoms with Gasteiger partial charge in [0, 0.05) is 4.75 Å². The van der Waals surface area contributed by atoms with Gasteiger partial charge in [0.05, 0.1) is 0 Å². The molecule has 0 aromatic carbocycles. The van der Waals surface area contributed by atoms with Gasteiger partial charge >= 0.3 is 18.1 Å². The minimum Gasteiger partial charge on any atom is -0.480 e. The van der Waals surface area contributed by atoms with Crippen LogP contribution in [0.25, 0.3) is 0 Å². The molecule has 0 aliphatic rings. The first-order chi connectivity index (χ1) is 6.46. The van der Waals surface area contributed by atoms with Crippen LogP contribution < -0.4 is 5.32 Å². The highest BCUT2D eigenvalue weighted by molar-refractivity contribution is 7.81. The molecule has 0 heterocycles. The normalized spacial score (nSPS) is 14.5. The molecule has 0 aliphatic heterocycles. The first-order valence-corrected chi connectivity index (χ1v) is 4.24. The van der Waals surface area contributed by atoms with Gasteiger partial charge in [0.1, 0.15) is 6.04 Å². The van der Waals surface area contributed by atoms with E-state index in [4.69, 9.17) is 5.11 Å². The van der Waals surface area contributed by atoms with Crippen molar-refractivity contribution in [1.82, 2.24) is 5.32 Å². The molecule has 0 spiro atoms. The number of thiol groups is 1. The van der Waals surface area contributed by atoms with Gasteiger partial charge in [-0.3, -0.25) is 4.79 Å². The smallest absolute Gasteiger partial charge is 0.471 e. The van der Waals surface area contributed by atoms with E-state index in [9.17, 15) is 22.8 Å². The lowest BCUT2D eigenvalue weighted by atomic mass is 10.0. The van der Waals surface area contributed by atoms with Crippen molar-refractivity contribution in [2.24, 2.45) is 0 Å². The molecule has 15 heavy (non-hydrogen) atoms. The maximum Gasteiger partial charge on any atom is 0.471 e. The molecule has 4 nitrogen and oxygen atoms in total. The summed E-state index contributed by atoms with van der Waals surface area (Å²) in [7, 11) is 0. The second-order valence-corrected chi connectivity index (χ2v) is 4.55. The van der Waals surface area contributed by atoms with Crippen LogP contribution >= 0.6 is 12.6 Å². The van der Waals surface area contributed by atoms with E-state index in [1.807, 2.05) is 0 Å². The fourth-order valence-corrected chi connectivity index (χ4v) is 0.928. The Labute approximate surface area is 89.2 Å². The first-order valence-electron chi connectivity index (χ1n) is 3.79. The van der Waals surface area contributed by atoms with E-state index < -0.39 is 28.8 Å². The molecular weight excluding hydrogens is 235 g/mol. The van der Waals surface area contributed by atoms with E-state index in [0.717, 1.165) is 0 Å². The monoisotopic (exact) mass is 245 g/mol. The lowest BCUT2D eigenvalue weighted by Gasteiger charge is -2.27. The van der Waals surface area contributed by atoms with Crippen molar-refractivity contribution in [3.8, 4) is 0 Å². The number of nitrogens with one attached hydrogen (secondary N) is 1. The van der Waals surface area contributed by atoms with Crippen molar-refractivity contribution in [3.63, 3.8) is 0 Å². The van der Waals surface area contributed by atoms with E-state index in [1.165, 1.54) is 19.2 Å². The fraction of sp³-hybridized carbons (Fsp3) is 0.714. The Kier molecular flexibility index (Phi) is 4.03. The molecule has 0 bridgehead atoms. The Balaban J connectivity index is 4.74. The van der Waals surface area contributed by atoms with Crippen LogP contribution in [0.15, 0.2) is 0 Å². The van der Waals surface area contributed by atoms with Gasteiger partial charge in [0.15, 0.2) is 0 Å². The quantitative estimate of drug-likeness (QED) is 0.645.